The number of likely N-dealkylation sites (N-methyl/N-ethyl adjacent to an activating group) is 1. The number of amides is 4. The topological polar surface area (TPSA) is 111 Å². The second-order valence-corrected chi connectivity index (χ2v) is 11.3. The zero-order valence-electron chi connectivity index (χ0n) is 25.3. The molecule has 3 N–H and O–H groups in total. The number of urea groups is 1. The first-order valence-electron chi connectivity index (χ1n) is 14.6. The number of halogens is 3. The summed E-state index contributed by atoms with van der Waals surface area (Å²) < 4.78 is 45.2. The Morgan fingerprint density at radius 2 is 1.71 bits per heavy atom. The number of rotatable bonds is 8. The maximum absolute atomic E-state index is 13.5. The van der Waals surface area contributed by atoms with Gasteiger partial charge in [-0.2, -0.15) is 13.2 Å². The summed E-state index contributed by atoms with van der Waals surface area (Å²) in [6.45, 7) is 3.69. The van der Waals surface area contributed by atoms with Crippen LogP contribution in [0.1, 0.15) is 30.5 Å². The van der Waals surface area contributed by atoms with Gasteiger partial charge in [0.1, 0.15) is 11.9 Å². The number of alkyl halides is 3. The van der Waals surface area contributed by atoms with Crippen LogP contribution in [0.15, 0.2) is 72.8 Å². The summed E-state index contributed by atoms with van der Waals surface area (Å²) in [5.41, 5.74) is 1.25. The fourth-order valence-electron chi connectivity index (χ4n) is 5.03. The third kappa shape index (κ3) is 8.98. The molecule has 0 saturated carbocycles. The highest BCUT2D eigenvalue weighted by Crippen LogP contribution is 2.31. The minimum atomic E-state index is -4.49. The van der Waals surface area contributed by atoms with E-state index in [9.17, 15) is 32.7 Å². The normalized spacial score (nSPS) is 17.6. The molecule has 1 aliphatic rings. The van der Waals surface area contributed by atoms with E-state index in [1.54, 1.807) is 30.0 Å². The Hall–Kier alpha value is -4.58. The minimum Gasteiger partial charge on any atom is -0.488 e. The number of hydrogen-bond acceptors (Lipinski definition) is 5. The van der Waals surface area contributed by atoms with Gasteiger partial charge < -0.3 is 30.3 Å². The van der Waals surface area contributed by atoms with E-state index >= 15 is 0 Å². The zero-order valence-corrected chi connectivity index (χ0v) is 25.3. The Labute approximate surface area is 260 Å². The Bertz CT molecular complexity index is 1480. The molecule has 0 spiro atoms. The highest BCUT2D eigenvalue weighted by atomic mass is 19.4. The summed E-state index contributed by atoms with van der Waals surface area (Å²) in [4.78, 5) is 42.1. The molecule has 3 aromatic rings. The summed E-state index contributed by atoms with van der Waals surface area (Å²) in [5.74, 6) is -0.328. The monoisotopic (exact) mass is 626 g/mol. The molecule has 0 aliphatic carbocycles. The van der Waals surface area contributed by atoms with E-state index < -0.39 is 29.9 Å². The SMILES string of the molecule is C[C@@H]1CN([C@H](C)CO)C(=O)Cc2cc(NC(=O)Cc3ccccc3)ccc2O[C@H]1CN(C)C(=O)Nc1ccc(C(F)(F)F)cc1. The van der Waals surface area contributed by atoms with E-state index in [1.165, 1.54) is 24.1 Å². The third-order valence-corrected chi connectivity index (χ3v) is 7.67. The van der Waals surface area contributed by atoms with Crippen LogP contribution < -0.4 is 15.4 Å². The smallest absolute Gasteiger partial charge is 0.416 e. The van der Waals surface area contributed by atoms with E-state index in [1.807, 2.05) is 37.3 Å². The first-order chi connectivity index (χ1) is 21.3. The van der Waals surface area contributed by atoms with Crippen LogP contribution in [0.3, 0.4) is 0 Å². The van der Waals surface area contributed by atoms with Crippen molar-refractivity contribution in [2.24, 2.45) is 5.92 Å². The predicted octanol–water partition coefficient (Wildman–Crippen LogP) is 5.20. The van der Waals surface area contributed by atoms with Gasteiger partial charge in [-0.25, -0.2) is 4.79 Å². The summed E-state index contributed by atoms with van der Waals surface area (Å²) in [6.07, 6.45) is -4.96. The Kier molecular flexibility index (Phi) is 10.7. The number of nitrogens with one attached hydrogen (secondary N) is 2. The van der Waals surface area contributed by atoms with Gasteiger partial charge in [0.05, 0.1) is 37.6 Å². The van der Waals surface area contributed by atoms with Crippen molar-refractivity contribution in [2.75, 3.05) is 37.4 Å². The standard InChI is InChI=1S/C33H37F3N4O5/c1-21-18-40(22(2)20-41)31(43)17-24-16-27(37-30(42)15-23-7-5-4-6-8-23)13-14-28(24)45-29(21)19-39(3)32(44)38-26-11-9-25(10-12-26)33(34,35)36/h4-14,16,21-22,29,41H,15,17-20H2,1-3H3,(H,37,42)(H,38,44)/t21-,22-,29+/m1/s1. The molecule has 0 radical (unpaired) electrons. The van der Waals surface area contributed by atoms with Gasteiger partial charge in [0.15, 0.2) is 0 Å². The maximum Gasteiger partial charge on any atom is 0.416 e. The molecule has 1 heterocycles. The van der Waals surface area contributed by atoms with E-state index in [2.05, 4.69) is 10.6 Å². The molecule has 4 amide bonds. The number of carbonyl (C=O) groups excluding carboxylic acids is 3. The molecule has 0 aromatic heterocycles. The fraction of sp³-hybridized carbons (Fsp3) is 0.364. The van der Waals surface area contributed by atoms with Crippen molar-refractivity contribution in [3.63, 3.8) is 0 Å². The minimum absolute atomic E-state index is 0.0360. The van der Waals surface area contributed by atoms with Crippen LogP contribution in [0.5, 0.6) is 5.75 Å². The van der Waals surface area contributed by atoms with Crippen molar-refractivity contribution in [3.8, 4) is 5.75 Å². The molecule has 45 heavy (non-hydrogen) atoms. The lowest BCUT2D eigenvalue weighted by Crippen LogP contribution is -2.48. The molecule has 0 unspecified atom stereocenters. The van der Waals surface area contributed by atoms with Crippen LogP contribution in [0, 0.1) is 5.92 Å². The quantitative estimate of drug-likeness (QED) is 0.319. The maximum atomic E-state index is 13.5. The molecule has 0 fully saturated rings. The number of carbonyl (C=O) groups is 3. The molecule has 0 saturated heterocycles. The van der Waals surface area contributed by atoms with Crippen LogP contribution >= 0.6 is 0 Å². The summed E-state index contributed by atoms with van der Waals surface area (Å²) in [7, 11) is 1.54. The Balaban J connectivity index is 1.53. The second kappa shape index (κ2) is 14.5. The average molecular weight is 627 g/mol. The highest BCUT2D eigenvalue weighted by Gasteiger charge is 2.32. The largest absolute Gasteiger partial charge is 0.488 e. The summed E-state index contributed by atoms with van der Waals surface area (Å²) in [6, 6.07) is 17.4. The molecule has 4 rings (SSSR count). The van der Waals surface area contributed by atoms with Crippen LogP contribution in [0.2, 0.25) is 0 Å². The van der Waals surface area contributed by atoms with Crippen molar-refractivity contribution in [3.05, 3.63) is 89.5 Å². The van der Waals surface area contributed by atoms with Crippen molar-refractivity contribution < 1.29 is 37.4 Å². The number of ether oxygens (including phenoxy) is 1. The summed E-state index contributed by atoms with van der Waals surface area (Å²) in [5, 5.41) is 15.3. The zero-order chi connectivity index (χ0) is 32.7. The molecule has 12 heteroatoms. The molecule has 3 atom stereocenters. The first-order valence-corrected chi connectivity index (χ1v) is 14.6. The van der Waals surface area contributed by atoms with Crippen LogP contribution in [0.25, 0.3) is 0 Å². The number of aliphatic hydroxyl groups excluding tert-OH is 1. The van der Waals surface area contributed by atoms with Gasteiger partial charge in [-0.15, -0.1) is 0 Å². The number of benzene rings is 3. The number of aliphatic hydroxyl groups is 1. The first kappa shape index (κ1) is 33.3. The highest BCUT2D eigenvalue weighted by molar-refractivity contribution is 5.93. The van der Waals surface area contributed by atoms with Crippen LogP contribution in [0.4, 0.5) is 29.3 Å². The number of fused-ring (bicyclic) bond motifs is 1. The third-order valence-electron chi connectivity index (χ3n) is 7.67. The summed E-state index contributed by atoms with van der Waals surface area (Å²) >= 11 is 0. The lowest BCUT2D eigenvalue weighted by Gasteiger charge is -2.34. The van der Waals surface area contributed by atoms with E-state index in [0.29, 0.717) is 17.0 Å². The second-order valence-electron chi connectivity index (χ2n) is 11.3. The molecule has 0 bridgehead atoms. The van der Waals surface area contributed by atoms with E-state index in [0.717, 1.165) is 17.7 Å². The molecule has 1 aliphatic heterocycles. The van der Waals surface area contributed by atoms with Crippen LogP contribution in [-0.4, -0.2) is 71.6 Å². The number of anilines is 2. The van der Waals surface area contributed by atoms with Crippen LogP contribution in [-0.2, 0) is 28.6 Å². The van der Waals surface area contributed by atoms with Crippen molar-refractivity contribution in [1.82, 2.24) is 9.80 Å². The molecular weight excluding hydrogens is 589 g/mol. The average Bonchev–Trinajstić information content (AvgIpc) is 3.04. The Morgan fingerprint density at radius 1 is 1.04 bits per heavy atom. The number of nitrogens with zero attached hydrogens (tertiary/aromatic N) is 2. The van der Waals surface area contributed by atoms with Gasteiger partial charge in [0.2, 0.25) is 11.8 Å². The van der Waals surface area contributed by atoms with Crippen molar-refractivity contribution >= 4 is 29.2 Å². The predicted molar refractivity (Wildman–Crippen MR) is 164 cm³/mol. The fourth-order valence-corrected chi connectivity index (χ4v) is 5.03. The van der Waals surface area contributed by atoms with Gasteiger partial charge in [-0.05, 0) is 55.0 Å². The van der Waals surface area contributed by atoms with E-state index in [-0.39, 0.29) is 56.0 Å². The molecule has 9 nitrogen and oxygen atoms in total. The van der Waals surface area contributed by atoms with E-state index in [4.69, 9.17) is 4.74 Å². The van der Waals surface area contributed by atoms with Crippen molar-refractivity contribution in [2.45, 2.75) is 45.0 Å². The van der Waals surface area contributed by atoms with Gasteiger partial charge in [-0.1, -0.05) is 37.3 Å². The number of hydrogen-bond donors (Lipinski definition) is 3. The lowest BCUT2D eigenvalue weighted by atomic mass is 10.0. The lowest BCUT2D eigenvalue weighted by molar-refractivity contribution is -0.137. The van der Waals surface area contributed by atoms with Gasteiger partial charge >= 0.3 is 12.2 Å². The van der Waals surface area contributed by atoms with Gasteiger partial charge in [0.25, 0.3) is 0 Å². The molecule has 3 aromatic carbocycles. The van der Waals surface area contributed by atoms with Gasteiger partial charge in [0, 0.05) is 36.4 Å². The Morgan fingerprint density at radius 3 is 2.36 bits per heavy atom. The molecular formula is C33H37F3N4O5. The molecule has 240 valence electrons. The van der Waals surface area contributed by atoms with Crippen molar-refractivity contribution in [1.29, 1.82) is 0 Å². The van der Waals surface area contributed by atoms with Gasteiger partial charge in [-0.3, -0.25) is 9.59 Å².